The van der Waals surface area contributed by atoms with Crippen LogP contribution >= 0.6 is 15.9 Å². The number of ether oxygens (including phenoxy) is 1. The molecule has 27 heavy (non-hydrogen) atoms. The van der Waals surface area contributed by atoms with Gasteiger partial charge in [0.25, 0.3) is 0 Å². The fourth-order valence-corrected chi connectivity index (χ4v) is 7.28. The van der Waals surface area contributed by atoms with E-state index in [2.05, 4.69) is 40.3 Å². The Labute approximate surface area is 168 Å². The maximum absolute atomic E-state index is 13.1. The number of benzene rings is 1. The molecule has 1 aromatic carbocycles. The average Bonchev–Trinajstić information content (AvgIpc) is 2.54. The van der Waals surface area contributed by atoms with Crippen LogP contribution in [-0.4, -0.2) is 24.3 Å². The SMILES string of the molecule is COc1cc(Br)cc(/C=N/NC(=O)C23CC4CC(C)(CC(C)(C4)C2)C3)c1O. The van der Waals surface area contributed by atoms with E-state index in [4.69, 9.17) is 4.74 Å². The van der Waals surface area contributed by atoms with Crippen LogP contribution in [0, 0.1) is 22.2 Å². The Bertz CT molecular complexity index is 804. The third kappa shape index (κ3) is 3.26. The molecule has 4 aliphatic carbocycles. The van der Waals surface area contributed by atoms with Gasteiger partial charge in [-0.3, -0.25) is 4.79 Å². The van der Waals surface area contributed by atoms with Gasteiger partial charge in [0.2, 0.25) is 5.91 Å². The zero-order valence-electron chi connectivity index (χ0n) is 16.1. The zero-order valence-corrected chi connectivity index (χ0v) is 17.7. The number of carbonyl (C=O) groups is 1. The highest BCUT2D eigenvalue weighted by atomic mass is 79.9. The van der Waals surface area contributed by atoms with Gasteiger partial charge in [0.15, 0.2) is 11.5 Å². The molecule has 2 atom stereocenters. The van der Waals surface area contributed by atoms with E-state index in [-0.39, 0.29) is 27.9 Å². The Morgan fingerprint density at radius 3 is 2.52 bits per heavy atom. The van der Waals surface area contributed by atoms with Crippen LogP contribution in [0.1, 0.15) is 57.9 Å². The lowest BCUT2D eigenvalue weighted by Gasteiger charge is -2.64. The number of aromatic hydroxyl groups is 1. The molecule has 5 rings (SSSR count). The molecule has 0 saturated heterocycles. The molecule has 0 radical (unpaired) electrons. The molecular weight excluding hydrogens is 408 g/mol. The Morgan fingerprint density at radius 1 is 1.26 bits per heavy atom. The van der Waals surface area contributed by atoms with Gasteiger partial charge >= 0.3 is 0 Å². The predicted octanol–water partition coefficient (Wildman–Crippen LogP) is 4.61. The molecule has 0 aromatic heterocycles. The molecule has 0 aliphatic heterocycles. The second kappa shape index (κ2) is 6.23. The van der Waals surface area contributed by atoms with E-state index in [0.29, 0.717) is 17.2 Å². The van der Waals surface area contributed by atoms with Gasteiger partial charge in [-0.1, -0.05) is 29.8 Å². The van der Waals surface area contributed by atoms with Gasteiger partial charge in [0.05, 0.1) is 18.7 Å². The van der Waals surface area contributed by atoms with Crippen molar-refractivity contribution in [3.05, 3.63) is 22.2 Å². The first-order valence-corrected chi connectivity index (χ1v) is 10.4. The highest BCUT2D eigenvalue weighted by molar-refractivity contribution is 9.10. The van der Waals surface area contributed by atoms with Crippen LogP contribution in [0.15, 0.2) is 21.7 Å². The number of phenolic OH excluding ortho intramolecular Hbond substituents is 1. The minimum Gasteiger partial charge on any atom is -0.504 e. The summed E-state index contributed by atoms with van der Waals surface area (Å²) in [5.41, 5.74) is 3.53. The van der Waals surface area contributed by atoms with Crippen LogP contribution in [0.2, 0.25) is 0 Å². The van der Waals surface area contributed by atoms with Gasteiger partial charge in [-0.15, -0.1) is 0 Å². The van der Waals surface area contributed by atoms with Crippen molar-refractivity contribution in [2.75, 3.05) is 7.11 Å². The molecule has 1 amide bonds. The molecule has 4 fully saturated rings. The van der Waals surface area contributed by atoms with Crippen molar-refractivity contribution in [3.63, 3.8) is 0 Å². The minimum atomic E-state index is -0.294. The highest BCUT2D eigenvalue weighted by Crippen LogP contribution is 2.69. The van der Waals surface area contributed by atoms with Gasteiger partial charge in [0, 0.05) is 10.0 Å². The predicted molar refractivity (Wildman–Crippen MR) is 108 cm³/mol. The molecule has 2 N–H and O–H groups in total. The number of phenols is 1. The maximum Gasteiger partial charge on any atom is 0.246 e. The summed E-state index contributed by atoms with van der Waals surface area (Å²) < 4.78 is 5.92. The van der Waals surface area contributed by atoms with Gasteiger partial charge < -0.3 is 9.84 Å². The average molecular weight is 435 g/mol. The third-order valence-corrected chi connectivity index (χ3v) is 7.22. The molecule has 0 heterocycles. The molecule has 2 unspecified atom stereocenters. The zero-order chi connectivity index (χ0) is 19.4. The van der Waals surface area contributed by atoms with Crippen LogP contribution in [0.5, 0.6) is 11.5 Å². The van der Waals surface area contributed by atoms with Gasteiger partial charge in [-0.05, 0) is 67.4 Å². The van der Waals surface area contributed by atoms with E-state index in [1.807, 2.05) is 0 Å². The van der Waals surface area contributed by atoms with Crippen LogP contribution < -0.4 is 10.2 Å². The Morgan fingerprint density at radius 2 is 1.93 bits per heavy atom. The Hall–Kier alpha value is -1.56. The number of amides is 1. The summed E-state index contributed by atoms with van der Waals surface area (Å²) in [5.74, 6) is 1.05. The molecule has 4 bridgehead atoms. The monoisotopic (exact) mass is 434 g/mol. The number of rotatable bonds is 4. The van der Waals surface area contributed by atoms with E-state index in [9.17, 15) is 9.90 Å². The summed E-state index contributed by atoms with van der Waals surface area (Å²) in [7, 11) is 1.50. The molecule has 1 aromatic rings. The lowest BCUT2D eigenvalue weighted by molar-refractivity contribution is -0.170. The van der Waals surface area contributed by atoms with E-state index in [1.165, 1.54) is 32.6 Å². The summed E-state index contributed by atoms with van der Waals surface area (Å²) in [6.07, 6.45) is 8.13. The molecule has 5 nitrogen and oxygen atoms in total. The normalized spacial score (nSPS) is 37.0. The number of methoxy groups -OCH3 is 1. The summed E-state index contributed by atoms with van der Waals surface area (Å²) in [6.45, 7) is 4.71. The highest BCUT2D eigenvalue weighted by Gasteiger charge is 2.62. The van der Waals surface area contributed by atoms with Crippen molar-refractivity contribution < 1.29 is 14.6 Å². The Balaban J connectivity index is 1.52. The first-order chi connectivity index (χ1) is 12.7. The number of nitrogens with zero attached hydrogens (tertiary/aromatic N) is 1. The summed E-state index contributed by atoms with van der Waals surface area (Å²) >= 11 is 3.39. The summed E-state index contributed by atoms with van der Waals surface area (Å²) in [4.78, 5) is 13.1. The van der Waals surface area contributed by atoms with Gasteiger partial charge in [0.1, 0.15) is 0 Å². The van der Waals surface area contributed by atoms with E-state index >= 15 is 0 Å². The van der Waals surface area contributed by atoms with Crippen molar-refractivity contribution in [2.24, 2.45) is 27.3 Å². The summed E-state index contributed by atoms with van der Waals surface area (Å²) in [6, 6.07) is 3.42. The van der Waals surface area contributed by atoms with Crippen molar-refractivity contribution in [1.82, 2.24) is 5.43 Å². The van der Waals surface area contributed by atoms with Crippen molar-refractivity contribution in [2.45, 2.75) is 52.4 Å². The number of halogens is 1. The molecular formula is C21H27BrN2O3. The van der Waals surface area contributed by atoms with E-state index < -0.39 is 0 Å². The van der Waals surface area contributed by atoms with Gasteiger partial charge in [-0.25, -0.2) is 5.43 Å². The fourth-order valence-electron chi connectivity index (χ4n) is 6.83. The Kier molecular flexibility index (Phi) is 4.33. The smallest absolute Gasteiger partial charge is 0.246 e. The first kappa shape index (κ1) is 18.8. The van der Waals surface area contributed by atoms with Crippen LogP contribution in [0.3, 0.4) is 0 Å². The summed E-state index contributed by atoms with van der Waals surface area (Å²) in [5, 5.41) is 14.4. The van der Waals surface area contributed by atoms with E-state index in [0.717, 1.165) is 23.7 Å². The van der Waals surface area contributed by atoms with Crippen LogP contribution in [-0.2, 0) is 4.79 Å². The molecule has 4 aliphatic rings. The second-order valence-corrected chi connectivity index (χ2v) is 10.6. The van der Waals surface area contributed by atoms with Crippen molar-refractivity contribution in [3.8, 4) is 11.5 Å². The number of nitrogens with one attached hydrogen (secondary N) is 1. The number of hydrazone groups is 1. The largest absolute Gasteiger partial charge is 0.504 e. The molecule has 6 heteroatoms. The number of carbonyl (C=O) groups excluding carboxylic acids is 1. The van der Waals surface area contributed by atoms with E-state index in [1.54, 1.807) is 12.1 Å². The topological polar surface area (TPSA) is 70.9 Å². The molecule has 4 saturated carbocycles. The lowest BCUT2D eigenvalue weighted by atomic mass is 9.40. The number of hydrogen-bond donors (Lipinski definition) is 2. The van der Waals surface area contributed by atoms with Crippen molar-refractivity contribution >= 4 is 28.1 Å². The number of hydrogen-bond acceptors (Lipinski definition) is 4. The third-order valence-electron chi connectivity index (χ3n) is 6.77. The van der Waals surface area contributed by atoms with Crippen LogP contribution in [0.25, 0.3) is 0 Å². The van der Waals surface area contributed by atoms with Gasteiger partial charge in [-0.2, -0.15) is 5.10 Å². The quantitative estimate of drug-likeness (QED) is 0.536. The van der Waals surface area contributed by atoms with Crippen LogP contribution in [0.4, 0.5) is 0 Å². The fraction of sp³-hybridized carbons (Fsp3) is 0.619. The minimum absolute atomic E-state index is 0.00789. The molecule has 146 valence electrons. The first-order valence-electron chi connectivity index (χ1n) is 9.56. The maximum atomic E-state index is 13.1. The van der Waals surface area contributed by atoms with Crippen molar-refractivity contribution in [1.29, 1.82) is 0 Å². The molecule has 0 spiro atoms. The lowest BCUT2D eigenvalue weighted by Crippen LogP contribution is -2.59. The second-order valence-electron chi connectivity index (χ2n) is 9.66. The standard InChI is InChI=1S/C21H27BrN2O3/c1-19-6-13-7-20(2,10-19)12-21(8-13,11-19)18(26)24-23-9-14-4-15(22)5-16(27-3)17(14)25/h4-5,9,13,25H,6-8,10-12H2,1-3H3,(H,24,26)/b23-9+.